The number of alkyl halides is 4. The summed E-state index contributed by atoms with van der Waals surface area (Å²) in [6.07, 6.45) is -3.56. The molecule has 2 rings (SSSR count). The predicted molar refractivity (Wildman–Crippen MR) is 82.9 cm³/mol. The van der Waals surface area contributed by atoms with E-state index in [1.807, 2.05) is 19.1 Å². The van der Waals surface area contributed by atoms with Crippen molar-refractivity contribution in [2.24, 2.45) is 0 Å². The third kappa shape index (κ3) is 4.34. The molecule has 0 radical (unpaired) electrons. The van der Waals surface area contributed by atoms with Crippen molar-refractivity contribution in [1.29, 1.82) is 0 Å². The highest BCUT2D eigenvalue weighted by Gasteiger charge is 2.30. The second-order valence-corrected chi connectivity index (χ2v) is 5.81. The number of halogens is 4. The van der Waals surface area contributed by atoms with Crippen LogP contribution in [-0.2, 0) is 12.6 Å². The van der Waals surface area contributed by atoms with Gasteiger partial charge in [0.15, 0.2) is 0 Å². The van der Waals surface area contributed by atoms with E-state index in [9.17, 15) is 13.2 Å². The van der Waals surface area contributed by atoms with Crippen molar-refractivity contribution >= 4 is 15.9 Å². The molecule has 2 aromatic rings. The van der Waals surface area contributed by atoms with Crippen LogP contribution in [0.2, 0.25) is 0 Å². The molecule has 0 fully saturated rings. The summed E-state index contributed by atoms with van der Waals surface area (Å²) >= 11 is 3.50. The second-order valence-electron chi connectivity index (χ2n) is 5.16. The summed E-state index contributed by atoms with van der Waals surface area (Å²) in [6, 6.07) is 13.6. The van der Waals surface area contributed by atoms with Gasteiger partial charge in [-0.05, 0) is 42.5 Å². The molecule has 21 heavy (non-hydrogen) atoms. The van der Waals surface area contributed by atoms with Gasteiger partial charge in [0.25, 0.3) is 0 Å². The Balaban J connectivity index is 2.15. The molecule has 0 heterocycles. The SMILES string of the molecule is Cc1cccc(C(CBr)Cc2ccc(C(F)(F)F)cc2)c1. The largest absolute Gasteiger partial charge is 0.416 e. The van der Waals surface area contributed by atoms with Crippen molar-refractivity contribution in [3.63, 3.8) is 0 Å². The highest BCUT2D eigenvalue weighted by atomic mass is 79.9. The Kier molecular flexibility index (Phi) is 5.09. The van der Waals surface area contributed by atoms with Crippen LogP contribution in [-0.4, -0.2) is 5.33 Å². The summed E-state index contributed by atoms with van der Waals surface area (Å²) in [6.45, 7) is 2.03. The first-order valence-corrected chi connectivity index (χ1v) is 7.81. The van der Waals surface area contributed by atoms with E-state index in [2.05, 4.69) is 28.1 Å². The zero-order valence-corrected chi connectivity index (χ0v) is 13.2. The monoisotopic (exact) mass is 356 g/mol. The Morgan fingerprint density at radius 1 is 1.05 bits per heavy atom. The number of benzene rings is 2. The van der Waals surface area contributed by atoms with E-state index in [-0.39, 0.29) is 5.92 Å². The van der Waals surface area contributed by atoms with Gasteiger partial charge in [0.1, 0.15) is 0 Å². The number of aryl methyl sites for hydroxylation is 1. The third-order valence-corrected chi connectivity index (χ3v) is 4.24. The van der Waals surface area contributed by atoms with Crippen LogP contribution in [0.4, 0.5) is 13.2 Å². The molecule has 0 saturated heterocycles. The lowest BCUT2D eigenvalue weighted by Crippen LogP contribution is -2.07. The summed E-state index contributed by atoms with van der Waals surface area (Å²) in [5, 5.41) is 0.775. The Morgan fingerprint density at radius 2 is 1.71 bits per heavy atom. The zero-order valence-electron chi connectivity index (χ0n) is 11.6. The summed E-state index contributed by atoms with van der Waals surface area (Å²) in [5.41, 5.74) is 2.70. The van der Waals surface area contributed by atoms with Crippen molar-refractivity contribution < 1.29 is 13.2 Å². The Morgan fingerprint density at radius 3 is 2.24 bits per heavy atom. The minimum absolute atomic E-state index is 0.252. The Labute approximate surface area is 131 Å². The maximum absolute atomic E-state index is 12.6. The fourth-order valence-electron chi connectivity index (χ4n) is 2.30. The van der Waals surface area contributed by atoms with Crippen molar-refractivity contribution in [1.82, 2.24) is 0 Å². The molecule has 1 atom stereocenters. The topological polar surface area (TPSA) is 0 Å². The molecule has 1 unspecified atom stereocenters. The predicted octanol–water partition coefficient (Wildman–Crippen LogP) is 5.74. The number of hydrogen-bond donors (Lipinski definition) is 0. The summed E-state index contributed by atoms with van der Waals surface area (Å²) < 4.78 is 37.7. The lowest BCUT2D eigenvalue weighted by molar-refractivity contribution is -0.137. The van der Waals surface area contributed by atoms with E-state index in [0.29, 0.717) is 6.42 Å². The van der Waals surface area contributed by atoms with Crippen molar-refractivity contribution in [2.45, 2.75) is 25.4 Å². The van der Waals surface area contributed by atoms with Crippen LogP contribution < -0.4 is 0 Å². The molecule has 2 aromatic carbocycles. The van der Waals surface area contributed by atoms with E-state index in [1.165, 1.54) is 11.1 Å². The minimum atomic E-state index is -4.27. The quantitative estimate of drug-likeness (QED) is 0.613. The van der Waals surface area contributed by atoms with Gasteiger partial charge in [0, 0.05) is 5.33 Å². The smallest absolute Gasteiger partial charge is 0.166 e. The molecule has 0 aliphatic heterocycles. The molecule has 4 heteroatoms. The first-order valence-electron chi connectivity index (χ1n) is 6.69. The highest BCUT2D eigenvalue weighted by molar-refractivity contribution is 9.09. The maximum Gasteiger partial charge on any atom is 0.416 e. The second kappa shape index (κ2) is 6.65. The normalized spacial score (nSPS) is 13.2. The highest BCUT2D eigenvalue weighted by Crippen LogP contribution is 2.30. The van der Waals surface area contributed by atoms with Crippen LogP contribution in [0.25, 0.3) is 0 Å². The van der Waals surface area contributed by atoms with Crippen LogP contribution in [0.1, 0.15) is 28.2 Å². The van der Waals surface area contributed by atoms with Gasteiger partial charge < -0.3 is 0 Å². The molecule has 0 spiro atoms. The molecule has 0 aromatic heterocycles. The van der Waals surface area contributed by atoms with Gasteiger partial charge in [-0.25, -0.2) is 0 Å². The Bertz CT molecular complexity index is 588. The minimum Gasteiger partial charge on any atom is -0.166 e. The first kappa shape index (κ1) is 16.1. The van der Waals surface area contributed by atoms with E-state index in [0.717, 1.165) is 23.0 Å². The van der Waals surface area contributed by atoms with Gasteiger partial charge >= 0.3 is 6.18 Å². The molecule has 0 bridgehead atoms. The van der Waals surface area contributed by atoms with Gasteiger partial charge in [-0.1, -0.05) is 57.9 Å². The molecule has 0 N–H and O–H groups in total. The average molecular weight is 357 g/mol. The van der Waals surface area contributed by atoms with E-state index in [4.69, 9.17) is 0 Å². The molecule has 0 aliphatic carbocycles. The average Bonchev–Trinajstić information content (AvgIpc) is 2.44. The summed E-state index contributed by atoms with van der Waals surface area (Å²) in [5.74, 6) is 0.252. The van der Waals surface area contributed by atoms with Crippen LogP contribution in [0.3, 0.4) is 0 Å². The molecule has 0 aliphatic rings. The standard InChI is InChI=1S/C17H16BrF3/c1-12-3-2-4-14(9-12)15(11-18)10-13-5-7-16(8-6-13)17(19,20)21/h2-9,15H,10-11H2,1H3. The lowest BCUT2D eigenvalue weighted by atomic mass is 9.92. The van der Waals surface area contributed by atoms with Gasteiger partial charge in [-0.3, -0.25) is 0 Å². The molecular weight excluding hydrogens is 341 g/mol. The van der Waals surface area contributed by atoms with Crippen molar-refractivity contribution in [3.05, 3.63) is 70.8 Å². The molecule has 0 saturated carbocycles. The number of hydrogen-bond acceptors (Lipinski definition) is 0. The van der Waals surface area contributed by atoms with Gasteiger partial charge in [0.05, 0.1) is 5.56 Å². The third-order valence-electron chi connectivity index (χ3n) is 3.46. The van der Waals surface area contributed by atoms with Crippen LogP contribution in [0.15, 0.2) is 48.5 Å². The molecule has 0 amide bonds. The van der Waals surface area contributed by atoms with Gasteiger partial charge in [-0.2, -0.15) is 13.2 Å². The first-order chi connectivity index (χ1) is 9.90. The van der Waals surface area contributed by atoms with E-state index in [1.54, 1.807) is 12.1 Å². The van der Waals surface area contributed by atoms with Crippen LogP contribution in [0.5, 0.6) is 0 Å². The van der Waals surface area contributed by atoms with Crippen LogP contribution in [0, 0.1) is 6.92 Å². The van der Waals surface area contributed by atoms with Crippen molar-refractivity contribution in [3.8, 4) is 0 Å². The summed E-state index contributed by atoms with van der Waals surface area (Å²) in [7, 11) is 0. The van der Waals surface area contributed by atoms with Crippen molar-refractivity contribution in [2.75, 3.05) is 5.33 Å². The summed E-state index contributed by atoms with van der Waals surface area (Å²) in [4.78, 5) is 0. The molecule has 0 nitrogen and oxygen atoms in total. The van der Waals surface area contributed by atoms with E-state index >= 15 is 0 Å². The fourth-order valence-corrected chi connectivity index (χ4v) is 2.90. The number of rotatable bonds is 4. The van der Waals surface area contributed by atoms with Gasteiger partial charge in [0.2, 0.25) is 0 Å². The van der Waals surface area contributed by atoms with E-state index < -0.39 is 11.7 Å². The zero-order chi connectivity index (χ0) is 15.5. The van der Waals surface area contributed by atoms with Crippen LogP contribution >= 0.6 is 15.9 Å². The maximum atomic E-state index is 12.6. The lowest BCUT2D eigenvalue weighted by Gasteiger charge is -2.16. The van der Waals surface area contributed by atoms with Gasteiger partial charge in [-0.15, -0.1) is 0 Å². The molecular formula is C17H16BrF3. The molecule has 112 valence electrons. The Hall–Kier alpha value is -1.29. The fraction of sp³-hybridized carbons (Fsp3) is 0.294.